The van der Waals surface area contributed by atoms with Crippen molar-refractivity contribution in [1.82, 2.24) is 14.9 Å². The Labute approximate surface area is 229 Å². The first-order valence-corrected chi connectivity index (χ1v) is 13.8. The molecular weight excluding hydrogens is 499 g/mol. The third-order valence-corrected chi connectivity index (χ3v) is 7.72. The average molecular weight is 539 g/mol. The molecule has 2 aromatic rings. The molecule has 9 nitrogen and oxygen atoms in total. The summed E-state index contributed by atoms with van der Waals surface area (Å²) in [5.41, 5.74) is 2.57. The van der Waals surface area contributed by atoms with Gasteiger partial charge in [-0.2, -0.15) is 0 Å². The fraction of sp³-hybridized carbons (Fsp3) is 0.586. The summed E-state index contributed by atoms with van der Waals surface area (Å²) in [6.45, 7) is 11.3. The summed E-state index contributed by atoms with van der Waals surface area (Å²) in [6, 6.07) is 6.13. The molecule has 0 aliphatic carbocycles. The van der Waals surface area contributed by atoms with Crippen molar-refractivity contribution in [1.29, 1.82) is 5.41 Å². The zero-order valence-electron chi connectivity index (χ0n) is 23.5. The number of amides is 1. The van der Waals surface area contributed by atoms with E-state index in [-0.39, 0.29) is 18.6 Å². The van der Waals surface area contributed by atoms with E-state index in [1.807, 2.05) is 32.0 Å². The zero-order chi connectivity index (χ0) is 27.9. The van der Waals surface area contributed by atoms with Crippen LogP contribution >= 0.6 is 0 Å². The highest BCUT2D eigenvalue weighted by Crippen LogP contribution is 2.37. The van der Waals surface area contributed by atoms with E-state index in [4.69, 9.17) is 24.9 Å². The summed E-state index contributed by atoms with van der Waals surface area (Å²) in [4.78, 5) is 25.7. The Morgan fingerprint density at radius 1 is 1.28 bits per heavy atom. The number of carbonyl (C=O) groups excluding carboxylic acids is 1. The highest BCUT2D eigenvalue weighted by Gasteiger charge is 2.40. The van der Waals surface area contributed by atoms with Gasteiger partial charge in [0.2, 0.25) is 0 Å². The van der Waals surface area contributed by atoms with Gasteiger partial charge in [-0.1, -0.05) is 6.92 Å². The van der Waals surface area contributed by atoms with Crippen LogP contribution in [0.25, 0.3) is 0 Å². The number of piperidine rings is 1. The largest absolute Gasteiger partial charge is 0.444 e. The molecule has 2 bridgehead atoms. The Balaban J connectivity index is 1.38. The lowest BCUT2D eigenvalue weighted by atomic mass is 9.84. The number of alkyl halides is 1. The second-order valence-electron chi connectivity index (χ2n) is 11.8. The van der Waals surface area contributed by atoms with Gasteiger partial charge in [-0.25, -0.2) is 19.2 Å². The quantitative estimate of drug-likeness (QED) is 0.492. The Kier molecular flexibility index (Phi) is 7.50. The Bertz CT molecular complexity index is 1250. The molecule has 39 heavy (non-hydrogen) atoms. The molecule has 3 aliphatic rings. The molecule has 0 spiro atoms. The number of nitrogens with zero attached hydrogens (tertiary/aromatic N) is 4. The highest BCUT2D eigenvalue weighted by atomic mass is 19.1. The maximum Gasteiger partial charge on any atom is 0.410 e. The molecule has 4 unspecified atom stereocenters. The number of likely N-dealkylation sites (tertiary alicyclic amines) is 1. The minimum Gasteiger partial charge on any atom is -0.444 e. The molecule has 1 amide bonds. The normalized spacial score (nSPS) is 24.7. The van der Waals surface area contributed by atoms with Crippen molar-refractivity contribution in [2.45, 2.75) is 83.7 Å². The molecule has 0 saturated carbocycles. The van der Waals surface area contributed by atoms with Gasteiger partial charge in [0.05, 0.1) is 25.3 Å². The van der Waals surface area contributed by atoms with Gasteiger partial charge in [-0.3, -0.25) is 0 Å². The van der Waals surface area contributed by atoms with E-state index in [0.29, 0.717) is 42.5 Å². The van der Waals surface area contributed by atoms with E-state index in [1.54, 1.807) is 20.8 Å². The second kappa shape index (κ2) is 10.7. The summed E-state index contributed by atoms with van der Waals surface area (Å²) >= 11 is 0. The SMILES string of the molecule is CCc1nc(Nc2cc(C3CCN(C(=O)OC(C)(C)C)CC3F)c(C)cc2C=N)cc(N2CC3CC2CO3)n1. The lowest BCUT2D eigenvalue weighted by molar-refractivity contribution is 0.0111. The number of morpholine rings is 1. The number of rotatable bonds is 6. The summed E-state index contributed by atoms with van der Waals surface area (Å²) in [5, 5.41) is 11.4. The number of hydrogen-bond acceptors (Lipinski definition) is 8. The predicted octanol–water partition coefficient (Wildman–Crippen LogP) is 5.13. The van der Waals surface area contributed by atoms with E-state index in [2.05, 4.69) is 10.2 Å². The lowest BCUT2D eigenvalue weighted by Gasteiger charge is -2.36. The highest BCUT2D eigenvalue weighted by molar-refractivity contribution is 5.88. The van der Waals surface area contributed by atoms with Gasteiger partial charge in [-0.05, 0) is 63.8 Å². The number of carbonyl (C=O) groups is 1. The molecule has 1 aromatic carbocycles. The van der Waals surface area contributed by atoms with Crippen LogP contribution in [0, 0.1) is 12.3 Å². The van der Waals surface area contributed by atoms with Gasteiger partial charge in [0.15, 0.2) is 0 Å². The minimum absolute atomic E-state index is 0.00899. The van der Waals surface area contributed by atoms with Gasteiger partial charge in [-0.15, -0.1) is 0 Å². The average Bonchev–Trinajstić information content (AvgIpc) is 3.52. The number of ether oxygens (including phenoxy) is 2. The first kappa shape index (κ1) is 27.3. The maximum atomic E-state index is 15.5. The van der Waals surface area contributed by atoms with Gasteiger partial charge in [0.25, 0.3) is 0 Å². The van der Waals surface area contributed by atoms with Crippen LogP contribution in [-0.2, 0) is 15.9 Å². The van der Waals surface area contributed by atoms with E-state index >= 15 is 4.39 Å². The van der Waals surface area contributed by atoms with E-state index in [0.717, 1.165) is 42.3 Å². The topological polar surface area (TPSA) is 104 Å². The van der Waals surface area contributed by atoms with Crippen LogP contribution in [0.5, 0.6) is 0 Å². The lowest BCUT2D eigenvalue weighted by Crippen LogP contribution is -2.46. The predicted molar refractivity (Wildman–Crippen MR) is 149 cm³/mol. The van der Waals surface area contributed by atoms with E-state index < -0.39 is 17.9 Å². The number of benzene rings is 1. The Morgan fingerprint density at radius 3 is 2.69 bits per heavy atom. The molecule has 10 heteroatoms. The number of hydrogen-bond donors (Lipinski definition) is 2. The van der Waals surface area contributed by atoms with Crippen molar-refractivity contribution in [3.8, 4) is 0 Å². The molecule has 4 atom stereocenters. The van der Waals surface area contributed by atoms with Crippen molar-refractivity contribution in [2.24, 2.45) is 0 Å². The third kappa shape index (κ3) is 5.85. The van der Waals surface area contributed by atoms with Crippen molar-refractivity contribution in [2.75, 3.05) is 36.5 Å². The van der Waals surface area contributed by atoms with Crippen LogP contribution in [0.4, 0.5) is 26.5 Å². The van der Waals surface area contributed by atoms with E-state index in [1.165, 1.54) is 11.1 Å². The maximum absolute atomic E-state index is 15.5. The van der Waals surface area contributed by atoms with Crippen LogP contribution < -0.4 is 10.2 Å². The van der Waals surface area contributed by atoms with Crippen LogP contribution in [0.15, 0.2) is 18.2 Å². The molecule has 0 radical (unpaired) electrons. The number of nitrogens with one attached hydrogen (secondary N) is 2. The first-order valence-electron chi connectivity index (χ1n) is 13.8. The molecule has 3 aliphatic heterocycles. The summed E-state index contributed by atoms with van der Waals surface area (Å²) in [7, 11) is 0. The molecule has 3 fully saturated rings. The van der Waals surface area contributed by atoms with Crippen molar-refractivity contribution in [3.05, 3.63) is 40.7 Å². The smallest absolute Gasteiger partial charge is 0.410 e. The molecule has 4 heterocycles. The standard InChI is InChI=1S/C29H39FN6O3/c1-6-25-33-26(12-27(34-25)36-14-20-10-19(36)16-38-20)32-24-11-22(17(2)9-18(24)13-31)21-7-8-35(15-23(21)30)28(37)39-29(3,4)5/h9,11-13,19-21,23,31H,6-8,10,14-16H2,1-5H3,(H,32,33,34). The van der Waals surface area contributed by atoms with Crippen LogP contribution in [-0.4, -0.2) is 77.3 Å². The molecule has 1 aromatic heterocycles. The fourth-order valence-electron chi connectivity index (χ4n) is 5.79. The Hall–Kier alpha value is -3.27. The first-order chi connectivity index (χ1) is 18.5. The number of fused-ring (bicyclic) bond motifs is 2. The van der Waals surface area contributed by atoms with Crippen LogP contribution in [0.3, 0.4) is 0 Å². The van der Waals surface area contributed by atoms with Crippen molar-refractivity contribution in [3.63, 3.8) is 0 Å². The molecule has 5 rings (SSSR count). The summed E-state index contributed by atoms with van der Waals surface area (Å²) < 4.78 is 26.8. The minimum atomic E-state index is -1.23. The summed E-state index contributed by atoms with van der Waals surface area (Å²) in [6.07, 6.45) is 2.05. The fourth-order valence-corrected chi connectivity index (χ4v) is 5.79. The number of aryl methyl sites for hydroxylation is 2. The Morgan fingerprint density at radius 2 is 2.08 bits per heavy atom. The van der Waals surface area contributed by atoms with E-state index in [9.17, 15) is 4.79 Å². The molecule has 210 valence electrons. The van der Waals surface area contributed by atoms with Crippen LogP contribution in [0.1, 0.15) is 69.0 Å². The molecule has 2 N–H and O–H groups in total. The van der Waals surface area contributed by atoms with Crippen molar-refractivity contribution < 1.29 is 18.7 Å². The van der Waals surface area contributed by atoms with Gasteiger partial charge in [0, 0.05) is 49.0 Å². The van der Waals surface area contributed by atoms with Gasteiger partial charge in [0.1, 0.15) is 29.2 Å². The van der Waals surface area contributed by atoms with Gasteiger partial charge < -0.3 is 30.0 Å². The second-order valence-corrected chi connectivity index (χ2v) is 11.8. The van der Waals surface area contributed by atoms with Gasteiger partial charge >= 0.3 is 6.09 Å². The number of aromatic nitrogens is 2. The number of halogens is 1. The molecular formula is C29H39FN6O3. The third-order valence-electron chi connectivity index (χ3n) is 7.72. The zero-order valence-corrected chi connectivity index (χ0v) is 23.5. The van der Waals surface area contributed by atoms with Crippen LogP contribution in [0.2, 0.25) is 0 Å². The number of anilines is 3. The van der Waals surface area contributed by atoms with Crippen molar-refractivity contribution >= 4 is 29.6 Å². The summed E-state index contributed by atoms with van der Waals surface area (Å²) in [5.74, 6) is 1.90. The molecule has 3 saturated heterocycles. The monoisotopic (exact) mass is 538 g/mol.